The van der Waals surface area contributed by atoms with Crippen LogP contribution in [-0.2, 0) is 13.5 Å². The van der Waals surface area contributed by atoms with E-state index in [2.05, 4.69) is 47.4 Å². The second kappa shape index (κ2) is 6.13. The highest BCUT2D eigenvalue weighted by molar-refractivity contribution is 9.10. The monoisotopic (exact) mass is 387 g/mol. The van der Waals surface area contributed by atoms with Gasteiger partial charge in [-0.05, 0) is 50.9 Å². The number of aryl methyl sites for hydroxylation is 2. The van der Waals surface area contributed by atoms with Crippen molar-refractivity contribution in [2.45, 2.75) is 19.4 Å². The van der Waals surface area contributed by atoms with Crippen molar-refractivity contribution < 1.29 is 0 Å². The number of nitrogens with one attached hydrogen (secondary N) is 1. The minimum atomic E-state index is -0.0563. The SMILES string of the molecule is Cc1nn(C)c(CC(NN)c2ccc(Br)cn2)c1Br. The van der Waals surface area contributed by atoms with Crippen molar-refractivity contribution >= 4 is 31.9 Å². The van der Waals surface area contributed by atoms with Crippen molar-refractivity contribution in [3.05, 3.63) is 44.4 Å². The van der Waals surface area contributed by atoms with Crippen LogP contribution >= 0.6 is 31.9 Å². The Kier molecular flexibility index (Phi) is 4.72. The maximum Gasteiger partial charge on any atom is 0.0738 e. The van der Waals surface area contributed by atoms with Gasteiger partial charge in [-0.2, -0.15) is 5.10 Å². The first-order chi connectivity index (χ1) is 9.02. The van der Waals surface area contributed by atoms with Gasteiger partial charge in [0.25, 0.3) is 0 Å². The molecular formula is C12H15Br2N5. The molecule has 0 aliphatic heterocycles. The van der Waals surface area contributed by atoms with Crippen molar-refractivity contribution in [3.8, 4) is 0 Å². The molecule has 0 fully saturated rings. The average Bonchev–Trinajstić information content (AvgIpc) is 2.63. The first-order valence-electron chi connectivity index (χ1n) is 5.78. The lowest BCUT2D eigenvalue weighted by atomic mass is 10.1. The fraction of sp³-hybridized carbons (Fsp3) is 0.333. The minimum Gasteiger partial charge on any atom is -0.271 e. The lowest BCUT2D eigenvalue weighted by molar-refractivity contribution is 0.517. The molecule has 0 aromatic carbocycles. The van der Waals surface area contributed by atoms with E-state index in [0.717, 1.165) is 26.0 Å². The topological polar surface area (TPSA) is 68.8 Å². The Morgan fingerprint density at radius 1 is 1.42 bits per heavy atom. The molecule has 7 heteroatoms. The summed E-state index contributed by atoms with van der Waals surface area (Å²) in [6, 6.07) is 3.85. The zero-order valence-electron chi connectivity index (χ0n) is 10.7. The summed E-state index contributed by atoms with van der Waals surface area (Å²) in [6.45, 7) is 1.97. The predicted octanol–water partition coefficient (Wildman–Crippen LogP) is 2.40. The largest absolute Gasteiger partial charge is 0.271 e. The third kappa shape index (κ3) is 3.22. The predicted molar refractivity (Wildman–Crippen MR) is 81.4 cm³/mol. The Balaban J connectivity index is 2.26. The number of pyridine rings is 1. The molecule has 0 bridgehead atoms. The van der Waals surface area contributed by atoms with E-state index in [9.17, 15) is 0 Å². The van der Waals surface area contributed by atoms with Gasteiger partial charge in [0, 0.05) is 24.1 Å². The van der Waals surface area contributed by atoms with Gasteiger partial charge in [-0.15, -0.1) is 0 Å². The van der Waals surface area contributed by atoms with E-state index < -0.39 is 0 Å². The lowest BCUT2D eigenvalue weighted by Gasteiger charge is -2.15. The van der Waals surface area contributed by atoms with Crippen molar-refractivity contribution in [1.82, 2.24) is 20.2 Å². The maximum atomic E-state index is 5.65. The summed E-state index contributed by atoms with van der Waals surface area (Å²) in [4.78, 5) is 4.38. The second-order valence-corrected chi connectivity index (χ2v) is 6.00. The van der Waals surface area contributed by atoms with E-state index in [1.54, 1.807) is 6.20 Å². The summed E-state index contributed by atoms with van der Waals surface area (Å²) in [5.74, 6) is 5.65. The summed E-state index contributed by atoms with van der Waals surface area (Å²) in [7, 11) is 1.93. The van der Waals surface area contributed by atoms with Crippen molar-refractivity contribution in [1.29, 1.82) is 0 Å². The third-order valence-electron chi connectivity index (χ3n) is 2.97. The van der Waals surface area contributed by atoms with E-state index >= 15 is 0 Å². The molecule has 2 heterocycles. The quantitative estimate of drug-likeness (QED) is 0.623. The number of nitrogens with two attached hydrogens (primary N) is 1. The number of hydrogen-bond acceptors (Lipinski definition) is 4. The smallest absolute Gasteiger partial charge is 0.0738 e. The van der Waals surface area contributed by atoms with Crippen LogP contribution in [0.15, 0.2) is 27.3 Å². The zero-order valence-corrected chi connectivity index (χ0v) is 13.9. The molecule has 1 unspecified atom stereocenters. The number of halogens is 2. The first kappa shape index (κ1) is 14.6. The summed E-state index contributed by atoms with van der Waals surface area (Å²) < 4.78 is 3.83. The molecule has 19 heavy (non-hydrogen) atoms. The molecule has 0 saturated carbocycles. The van der Waals surface area contributed by atoms with Crippen LogP contribution in [0.2, 0.25) is 0 Å². The van der Waals surface area contributed by atoms with E-state index in [1.807, 2.05) is 30.8 Å². The summed E-state index contributed by atoms with van der Waals surface area (Å²) in [5, 5.41) is 4.38. The molecule has 5 nitrogen and oxygen atoms in total. The van der Waals surface area contributed by atoms with Gasteiger partial charge in [0.05, 0.1) is 27.6 Å². The fourth-order valence-electron chi connectivity index (χ4n) is 1.94. The minimum absolute atomic E-state index is 0.0563. The fourth-order valence-corrected chi connectivity index (χ4v) is 2.67. The Hall–Kier alpha value is -0.760. The molecule has 0 saturated heterocycles. The molecule has 2 rings (SSSR count). The van der Waals surface area contributed by atoms with Crippen LogP contribution < -0.4 is 11.3 Å². The van der Waals surface area contributed by atoms with Crippen LogP contribution in [-0.4, -0.2) is 14.8 Å². The van der Waals surface area contributed by atoms with E-state index in [-0.39, 0.29) is 6.04 Å². The molecule has 0 radical (unpaired) electrons. The normalized spacial score (nSPS) is 12.7. The van der Waals surface area contributed by atoms with Crippen LogP contribution in [0.3, 0.4) is 0 Å². The molecule has 0 amide bonds. The zero-order chi connectivity index (χ0) is 14.0. The third-order valence-corrected chi connectivity index (χ3v) is 4.47. The average molecular weight is 389 g/mol. The van der Waals surface area contributed by atoms with Gasteiger partial charge < -0.3 is 0 Å². The molecule has 0 aliphatic rings. The molecule has 2 aromatic rings. The summed E-state index contributed by atoms with van der Waals surface area (Å²) >= 11 is 6.94. The second-order valence-electron chi connectivity index (χ2n) is 4.29. The number of aromatic nitrogens is 3. The number of nitrogens with zero attached hydrogens (tertiary/aromatic N) is 3. The maximum absolute atomic E-state index is 5.65. The summed E-state index contributed by atoms with van der Waals surface area (Å²) in [5.41, 5.74) is 5.77. The number of rotatable bonds is 4. The van der Waals surface area contributed by atoms with Gasteiger partial charge in [-0.25, -0.2) is 0 Å². The highest BCUT2D eigenvalue weighted by Crippen LogP contribution is 2.25. The number of hydrazine groups is 1. The summed E-state index contributed by atoms with van der Waals surface area (Å²) in [6.07, 6.45) is 2.48. The van der Waals surface area contributed by atoms with Gasteiger partial charge in [-0.1, -0.05) is 0 Å². The van der Waals surface area contributed by atoms with Gasteiger partial charge >= 0.3 is 0 Å². The van der Waals surface area contributed by atoms with Gasteiger partial charge in [0.15, 0.2) is 0 Å². The Morgan fingerprint density at radius 3 is 2.63 bits per heavy atom. The van der Waals surface area contributed by atoms with Crippen molar-refractivity contribution in [3.63, 3.8) is 0 Å². The van der Waals surface area contributed by atoms with Crippen LogP contribution in [0.5, 0.6) is 0 Å². The van der Waals surface area contributed by atoms with E-state index in [1.165, 1.54) is 0 Å². The van der Waals surface area contributed by atoms with Gasteiger partial charge in [-0.3, -0.25) is 20.9 Å². The van der Waals surface area contributed by atoms with Crippen molar-refractivity contribution in [2.75, 3.05) is 0 Å². The van der Waals surface area contributed by atoms with Crippen LogP contribution in [0.4, 0.5) is 0 Å². The van der Waals surface area contributed by atoms with Crippen LogP contribution in [0, 0.1) is 6.92 Å². The molecule has 2 aromatic heterocycles. The molecule has 0 spiro atoms. The molecule has 1 atom stereocenters. The molecular weight excluding hydrogens is 374 g/mol. The van der Waals surface area contributed by atoms with Crippen molar-refractivity contribution in [2.24, 2.45) is 12.9 Å². The molecule has 0 aliphatic carbocycles. The Morgan fingerprint density at radius 2 is 2.16 bits per heavy atom. The number of hydrogen-bond donors (Lipinski definition) is 2. The molecule has 3 N–H and O–H groups in total. The first-order valence-corrected chi connectivity index (χ1v) is 7.37. The lowest BCUT2D eigenvalue weighted by Crippen LogP contribution is -2.30. The van der Waals surface area contributed by atoms with E-state index in [0.29, 0.717) is 6.42 Å². The molecule has 102 valence electrons. The van der Waals surface area contributed by atoms with Crippen LogP contribution in [0.1, 0.15) is 23.1 Å². The van der Waals surface area contributed by atoms with Gasteiger partial charge in [0.1, 0.15) is 0 Å². The standard InChI is InChI=1S/C12H15Br2N5/c1-7-12(14)11(19(2)18-7)5-10(17-15)9-4-3-8(13)6-16-9/h3-4,6,10,17H,5,15H2,1-2H3. The Labute approximate surface area is 128 Å². The highest BCUT2D eigenvalue weighted by atomic mass is 79.9. The van der Waals surface area contributed by atoms with Crippen LogP contribution in [0.25, 0.3) is 0 Å². The Bertz CT molecular complexity index is 564. The van der Waals surface area contributed by atoms with Gasteiger partial charge in [0.2, 0.25) is 0 Å². The highest BCUT2D eigenvalue weighted by Gasteiger charge is 2.18. The van der Waals surface area contributed by atoms with E-state index in [4.69, 9.17) is 5.84 Å².